The summed E-state index contributed by atoms with van der Waals surface area (Å²) in [7, 11) is 4.30. The lowest BCUT2D eigenvalue weighted by Gasteiger charge is -2.36. The molecule has 5 rings (SSSR count). The Hall–Kier alpha value is -2.59. The second-order valence-electron chi connectivity index (χ2n) is 8.86. The van der Waals surface area contributed by atoms with E-state index in [9.17, 15) is 4.79 Å². The third-order valence-corrected chi connectivity index (χ3v) is 7.06. The van der Waals surface area contributed by atoms with E-state index >= 15 is 0 Å². The van der Waals surface area contributed by atoms with Gasteiger partial charge in [-0.05, 0) is 57.4 Å². The van der Waals surface area contributed by atoms with Gasteiger partial charge in [0.25, 0.3) is 5.91 Å². The molecule has 0 saturated carbocycles. The van der Waals surface area contributed by atoms with Gasteiger partial charge >= 0.3 is 0 Å². The number of aryl methyl sites for hydroxylation is 2. The summed E-state index contributed by atoms with van der Waals surface area (Å²) in [6.45, 7) is 2.09. The zero-order valence-electron chi connectivity index (χ0n) is 17.5. The van der Waals surface area contributed by atoms with Crippen LogP contribution in [-0.2, 0) is 7.05 Å². The van der Waals surface area contributed by atoms with Crippen molar-refractivity contribution in [2.75, 3.05) is 7.05 Å². The molecule has 2 saturated heterocycles. The SMILES string of the molecule is Cc1ccc2c(c1)c(C(=O)NC1C[C@H]3CC[C@@H](C1)N3C)c(-c1ccccc1)n2C. The van der Waals surface area contributed by atoms with E-state index in [4.69, 9.17) is 0 Å². The highest BCUT2D eigenvalue weighted by Gasteiger charge is 2.39. The summed E-state index contributed by atoms with van der Waals surface area (Å²) in [4.78, 5) is 16.1. The molecule has 2 aromatic carbocycles. The molecule has 4 heteroatoms. The molecule has 1 amide bonds. The average molecular weight is 388 g/mol. The van der Waals surface area contributed by atoms with Crippen LogP contribution in [0.5, 0.6) is 0 Å². The molecule has 29 heavy (non-hydrogen) atoms. The van der Waals surface area contributed by atoms with Gasteiger partial charge in [0.2, 0.25) is 0 Å². The van der Waals surface area contributed by atoms with E-state index in [2.05, 4.69) is 66.1 Å². The van der Waals surface area contributed by atoms with Crippen LogP contribution in [0.2, 0.25) is 0 Å². The van der Waals surface area contributed by atoms with E-state index in [1.165, 1.54) is 18.4 Å². The zero-order valence-corrected chi connectivity index (χ0v) is 17.5. The molecule has 2 bridgehead atoms. The van der Waals surface area contributed by atoms with Crippen LogP contribution in [-0.4, -0.2) is 40.5 Å². The predicted octanol–water partition coefficient (Wildman–Crippen LogP) is 4.51. The Bertz CT molecular complexity index is 1050. The fourth-order valence-corrected chi connectivity index (χ4v) is 5.51. The topological polar surface area (TPSA) is 37.3 Å². The van der Waals surface area contributed by atoms with Gasteiger partial charge in [-0.25, -0.2) is 0 Å². The third kappa shape index (κ3) is 3.06. The maximum atomic E-state index is 13.6. The van der Waals surface area contributed by atoms with Gasteiger partial charge in [-0.1, -0.05) is 42.0 Å². The summed E-state index contributed by atoms with van der Waals surface area (Å²) in [5.41, 5.74) is 5.16. The van der Waals surface area contributed by atoms with Gasteiger partial charge in [0.15, 0.2) is 0 Å². The molecule has 1 unspecified atom stereocenters. The first-order valence-corrected chi connectivity index (χ1v) is 10.7. The normalized spacial score (nSPS) is 24.2. The molecule has 4 nitrogen and oxygen atoms in total. The lowest BCUT2D eigenvalue weighted by molar-refractivity contribution is 0.0884. The van der Waals surface area contributed by atoms with Crippen LogP contribution in [0.1, 0.15) is 41.6 Å². The molecule has 3 heterocycles. The first kappa shape index (κ1) is 18.4. The Balaban J connectivity index is 1.56. The summed E-state index contributed by atoms with van der Waals surface area (Å²) >= 11 is 0. The fourth-order valence-electron chi connectivity index (χ4n) is 5.51. The van der Waals surface area contributed by atoms with Crippen LogP contribution in [0, 0.1) is 6.92 Å². The van der Waals surface area contributed by atoms with Crippen LogP contribution in [0.15, 0.2) is 48.5 Å². The molecule has 2 aliphatic heterocycles. The van der Waals surface area contributed by atoms with E-state index in [1.807, 2.05) is 18.2 Å². The number of hydrogen-bond donors (Lipinski definition) is 1. The quantitative estimate of drug-likeness (QED) is 0.718. The van der Waals surface area contributed by atoms with Crippen LogP contribution in [0.25, 0.3) is 22.2 Å². The van der Waals surface area contributed by atoms with Gasteiger partial charge in [-0.2, -0.15) is 0 Å². The number of carbonyl (C=O) groups excluding carboxylic acids is 1. The van der Waals surface area contributed by atoms with Crippen molar-refractivity contribution in [3.8, 4) is 11.3 Å². The smallest absolute Gasteiger partial charge is 0.254 e. The Morgan fingerprint density at radius 1 is 1.00 bits per heavy atom. The second kappa shape index (κ2) is 7.03. The predicted molar refractivity (Wildman–Crippen MR) is 118 cm³/mol. The number of aromatic nitrogens is 1. The summed E-state index contributed by atoms with van der Waals surface area (Å²) < 4.78 is 2.16. The minimum Gasteiger partial charge on any atom is -0.349 e. The molecular formula is C25H29N3O. The summed E-state index contributed by atoms with van der Waals surface area (Å²) in [5.74, 6) is 0.0639. The number of rotatable bonds is 3. The number of carbonyl (C=O) groups is 1. The van der Waals surface area contributed by atoms with Gasteiger partial charge in [-0.3, -0.25) is 4.79 Å². The molecule has 2 fully saturated rings. The minimum atomic E-state index is 0.0639. The first-order chi connectivity index (χ1) is 14.0. The molecule has 1 aromatic heterocycles. The lowest BCUT2D eigenvalue weighted by Crippen LogP contribution is -2.48. The molecule has 0 spiro atoms. The Kier molecular flexibility index (Phi) is 4.47. The van der Waals surface area contributed by atoms with Gasteiger partial charge in [0, 0.05) is 36.1 Å². The Morgan fingerprint density at radius 3 is 2.38 bits per heavy atom. The Labute approximate surface area is 172 Å². The van der Waals surface area contributed by atoms with Crippen LogP contribution >= 0.6 is 0 Å². The summed E-state index contributed by atoms with van der Waals surface area (Å²) in [6.07, 6.45) is 4.64. The van der Waals surface area contributed by atoms with Gasteiger partial charge < -0.3 is 14.8 Å². The number of amides is 1. The number of fused-ring (bicyclic) bond motifs is 3. The molecular weight excluding hydrogens is 358 g/mol. The minimum absolute atomic E-state index is 0.0639. The molecule has 0 radical (unpaired) electrons. The van der Waals surface area contributed by atoms with E-state index in [-0.39, 0.29) is 11.9 Å². The van der Waals surface area contributed by atoms with E-state index in [0.717, 1.165) is 40.6 Å². The van der Waals surface area contributed by atoms with E-state index in [1.54, 1.807) is 0 Å². The van der Waals surface area contributed by atoms with Crippen molar-refractivity contribution in [3.63, 3.8) is 0 Å². The van der Waals surface area contributed by atoms with Crippen molar-refractivity contribution in [3.05, 3.63) is 59.7 Å². The van der Waals surface area contributed by atoms with Crippen LogP contribution in [0.3, 0.4) is 0 Å². The van der Waals surface area contributed by atoms with Crippen molar-refractivity contribution in [2.45, 2.75) is 50.7 Å². The maximum Gasteiger partial charge on any atom is 0.254 e. The van der Waals surface area contributed by atoms with Crippen LogP contribution in [0.4, 0.5) is 0 Å². The number of benzene rings is 2. The highest BCUT2D eigenvalue weighted by Crippen LogP contribution is 2.36. The van der Waals surface area contributed by atoms with Crippen LogP contribution < -0.4 is 5.32 Å². The number of nitrogens with one attached hydrogen (secondary N) is 1. The van der Waals surface area contributed by atoms with E-state index in [0.29, 0.717) is 12.1 Å². The molecule has 3 aromatic rings. The van der Waals surface area contributed by atoms with Crippen molar-refractivity contribution < 1.29 is 4.79 Å². The Morgan fingerprint density at radius 2 is 1.69 bits per heavy atom. The van der Waals surface area contributed by atoms with Crippen molar-refractivity contribution in [1.82, 2.24) is 14.8 Å². The standard InChI is InChI=1S/C25H29N3O/c1-16-9-12-22-21(13-16)23(24(28(22)3)17-7-5-4-6-8-17)25(29)26-18-14-19-10-11-20(15-18)27(19)2/h4-9,12-13,18-20H,10-11,14-15H2,1-3H3,(H,26,29)/t18?,19-,20+. The third-order valence-electron chi connectivity index (χ3n) is 7.06. The largest absolute Gasteiger partial charge is 0.349 e. The number of nitrogens with zero attached hydrogens (tertiary/aromatic N) is 2. The zero-order chi connectivity index (χ0) is 20.1. The molecule has 2 aliphatic rings. The average Bonchev–Trinajstić information content (AvgIpc) is 3.09. The molecule has 3 atom stereocenters. The van der Waals surface area contributed by atoms with Crippen molar-refractivity contribution >= 4 is 16.8 Å². The summed E-state index contributed by atoms with van der Waals surface area (Å²) in [6, 6.07) is 18.2. The second-order valence-corrected chi connectivity index (χ2v) is 8.86. The van der Waals surface area contributed by atoms with Crippen molar-refractivity contribution in [1.29, 1.82) is 0 Å². The number of hydrogen-bond acceptors (Lipinski definition) is 2. The first-order valence-electron chi connectivity index (χ1n) is 10.7. The highest BCUT2D eigenvalue weighted by molar-refractivity contribution is 6.13. The van der Waals surface area contributed by atoms with Gasteiger partial charge in [0.05, 0.1) is 11.3 Å². The van der Waals surface area contributed by atoms with Gasteiger partial charge in [0.1, 0.15) is 0 Å². The maximum absolute atomic E-state index is 13.6. The molecule has 0 aliphatic carbocycles. The van der Waals surface area contributed by atoms with Crippen molar-refractivity contribution in [2.24, 2.45) is 7.05 Å². The fraction of sp³-hybridized carbons (Fsp3) is 0.400. The number of piperidine rings is 1. The monoisotopic (exact) mass is 387 g/mol. The lowest BCUT2D eigenvalue weighted by atomic mass is 9.97. The highest BCUT2D eigenvalue weighted by atomic mass is 16.1. The summed E-state index contributed by atoms with van der Waals surface area (Å²) in [5, 5.41) is 4.45. The molecule has 1 N–H and O–H groups in total. The van der Waals surface area contributed by atoms with E-state index < -0.39 is 0 Å². The molecule has 150 valence electrons. The van der Waals surface area contributed by atoms with Gasteiger partial charge in [-0.15, -0.1) is 0 Å².